The summed E-state index contributed by atoms with van der Waals surface area (Å²) in [7, 11) is 0. The summed E-state index contributed by atoms with van der Waals surface area (Å²) in [6.07, 6.45) is 2.22. The summed E-state index contributed by atoms with van der Waals surface area (Å²) in [4.78, 5) is 24.2. The first-order chi connectivity index (χ1) is 9.11. The van der Waals surface area contributed by atoms with Crippen molar-refractivity contribution in [2.75, 3.05) is 19.6 Å². The highest BCUT2D eigenvalue weighted by atomic mass is 32.1. The van der Waals surface area contributed by atoms with Crippen LogP contribution in [0.25, 0.3) is 0 Å². The van der Waals surface area contributed by atoms with Gasteiger partial charge in [-0.2, -0.15) is 0 Å². The van der Waals surface area contributed by atoms with Crippen molar-refractivity contribution in [3.8, 4) is 0 Å². The first-order valence-electron chi connectivity index (χ1n) is 6.37. The number of carbonyl (C=O) groups is 1. The summed E-state index contributed by atoms with van der Waals surface area (Å²) in [6, 6.07) is 1.70. The molecule has 0 saturated carbocycles. The predicted octanol–water partition coefficient (Wildman–Crippen LogP) is 1.87. The molecule has 0 aliphatic carbocycles. The van der Waals surface area contributed by atoms with Crippen molar-refractivity contribution in [2.24, 2.45) is 0 Å². The van der Waals surface area contributed by atoms with Crippen LogP contribution in [0, 0.1) is 10.1 Å². The molecule has 1 amide bonds. The van der Waals surface area contributed by atoms with Crippen molar-refractivity contribution >= 4 is 22.2 Å². The Morgan fingerprint density at radius 2 is 2.47 bits per heavy atom. The van der Waals surface area contributed by atoms with Gasteiger partial charge in [-0.3, -0.25) is 14.9 Å². The number of thiophene rings is 1. The van der Waals surface area contributed by atoms with Crippen molar-refractivity contribution in [1.82, 2.24) is 10.2 Å². The van der Waals surface area contributed by atoms with Crippen LogP contribution in [-0.4, -0.2) is 41.4 Å². The normalized spacial score (nSPS) is 18.5. The van der Waals surface area contributed by atoms with Crippen LogP contribution in [0.5, 0.6) is 0 Å². The molecule has 1 aliphatic heterocycles. The maximum Gasteiger partial charge on any atom is 0.324 e. The maximum atomic E-state index is 12.3. The third-order valence-electron chi connectivity index (χ3n) is 3.28. The Morgan fingerprint density at radius 1 is 1.68 bits per heavy atom. The minimum Gasteiger partial charge on any atom is -0.337 e. The molecule has 104 valence electrons. The Labute approximate surface area is 115 Å². The number of carbonyl (C=O) groups excluding carboxylic acids is 1. The van der Waals surface area contributed by atoms with Gasteiger partial charge < -0.3 is 10.2 Å². The van der Waals surface area contributed by atoms with Gasteiger partial charge in [0.15, 0.2) is 0 Å². The Hall–Kier alpha value is -1.47. The molecular formula is C12H17N3O3S. The summed E-state index contributed by atoms with van der Waals surface area (Å²) >= 11 is 0.994. The first-order valence-corrected chi connectivity index (χ1v) is 7.25. The maximum absolute atomic E-state index is 12.3. The number of hydrogen-bond donors (Lipinski definition) is 1. The van der Waals surface area contributed by atoms with Gasteiger partial charge in [0.25, 0.3) is 5.91 Å². The lowest BCUT2D eigenvalue weighted by Crippen LogP contribution is -2.40. The highest BCUT2D eigenvalue weighted by Gasteiger charge is 2.23. The molecule has 1 aromatic rings. The van der Waals surface area contributed by atoms with E-state index in [1.165, 1.54) is 6.07 Å². The average Bonchev–Trinajstić information content (AvgIpc) is 3.06. The van der Waals surface area contributed by atoms with E-state index in [0.29, 0.717) is 24.7 Å². The van der Waals surface area contributed by atoms with Gasteiger partial charge in [0.2, 0.25) is 0 Å². The van der Waals surface area contributed by atoms with E-state index in [-0.39, 0.29) is 10.9 Å². The molecule has 0 bridgehead atoms. The predicted molar refractivity (Wildman–Crippen MR) is 73.6 cm³/mol. The third-order valence-corrected chi connectivity index (χ3v) is 4.16. The molecule has 1 unspecified atom stereocenters. The van der Waals surface area contributed by atoms with Crippen LogP contribution in [0.15, 0.2) is 11.4 Å². The minimum absolute atomic E-state index is 0.0124. The van der Waals surface area contributed by atoms with Crippen LogP contribution in [0.4, 0.5) is 5.00 Å². The van der Waals surface area contributed by atoms with E-state index in [9.17, 15) is 14.9 Å². The summed E-state index contributed by atoms with van der Waals surface area (Å²) in [5, 5.41) is 15.6. The van der Waals surface area contributed by atoms with Gasteiger partial charge >= 0.3 is 5.00 Å². The minimum atomic E-state index is -0.462. The fourth-order valence-electron chi connectivity index (χ4n) is 2.25. The zero-order valence-corrected chi connectivity index (χ0v) is 11.6. The van der Waals surface area contributed by atoms with Crippen LogP contribution in [0.2, 0.25) is 0 Å². The topological polar surface area (TPSA) is 75.5 Å². The molecule has 7 heteroatoms. The van der Waals surface area contributed by atoms with Crippen molar-refractivity contribution in [3.05, 3.63) is 27.1 Å². The molecule has 1 saturated heterocycles. The second kappa shape index (κ2) is 6.12. The number of hydrogen-bond acceptors (Lipinski definition) is 5. The van der Waals surface area contributed by atoms with Gasteiger partial charge in [0.1, 0.15) is 0 Å². The lowest BCUT2D eigenvalue weighted by Gasteiger charge is -2.24. The fourth-order valence-corrected chi connectivity index (χ4v) is 2.95. The zero-order valence-electron chi connectivity index (χ0n) is 10.8. The van der Waals surface area contributed by atoms with Gasteiger partial charge in [-0.05, 0) is 26.3 Å². The number of nitro groups is 1. The second-order valence-electron chi connectivity index (χ2n) is 4.57. The Bertz CT molecular complexity index is 469. The largest absolute Gasteiger partial charge is 0.337 e. The molecule has 0 aromatic carbocycles. The van der Waals surface area contributed by atoms with Crippen LogP contribution < -0.4 is 5.32 Å². The van der Waals surface area contributed by atoms with Crippen LogP contribution in [-0.2, 0) is 0 Å². The first kappa shape index (κ1) is 14.0. The van der Waals surface area contributed by atoms with Gasteiger partial charge in [0.05, 0.1) is 10.5 Å². The SMILES string of the molecule is CCN(CC1CCCN1)C(=O)c1csc([N+](=O)[O-])c1. The molecular weight excluding hydrogens is 266 g/mol. The van der Waals surface area contributed by atoms with Gasteiger partial charge in [-0.25, -0.2) is 0 Å². The Balaban J connectivity index is 2.04. The molecule has 19 heavy (non-hydrogen) atoms. The van der Waals surface area contributed by atoms with Crippen LogP contribution in [0.1, 0.15) is 30.1 Å². The molecule has 6 nitrogen and oxygen atoms in total. The van der Waals surface area contributed by atoms with Crippen LogP contribution >= 0.6 is 11.3 Å². The van der Waals surface area contributed by atoms with E-state index in [4.69, 9.17) is 0 Å². The molecule has 1 N–H and O–H groups in total. The van der Waals surface area contributed by atoms with Crippen molar-refractivity contribution in [2.45, 2.75) is 25.8 Å². The summed E-state index contributed by atoms with van der Waals surface area (Å²) in [5.41, 5.74) is 0.413. The quantitative estimate of drug-likeness (QED) is 0.661. The van der Waals surface area contributed by atoms with Crippen molar-refractivity contribution < 1.29 is 9.72 Å². The summed E-state index contributed by atoms with van der Waals surface area (Å²) in [6.45, 7) is 4.20. The number of nitrogens with one attached hydrogen (secondary N) is 1. The highest BCUT2D eigenvalue weighted by Crippen LogP contribution is 2.23. The van der Waals surface area contributed by atoms with E-state index >= 15 is 0 Å². The molecule has 1 aliphatic rings. The molecule has 1 fully saturated rings. The standard InChI is InChI=1S/C12H17N3O3S/c1-2-14(7-10-4-3-5-13-10)12(16)9-6-11(15(17)18)19-8-9/h6,8,10,13H,2-5,7H2,1H3. The van der Waals surface area contributed by atoms with Crippen molar-refractivity contribution in [1.29, 1.82) is 0 Å². The summed E-state index contributed by atoms with van der Waals surface area (Å²) < 4.78 is 0. The highest BCUT2D eigenvalue weighted by molar-refractivity contribution is 7.13. The molecule has 2 heterocycles. The lowest BCUT2D eigenvalue weighted by atomic mass is 10.2. The molecule has 0 radical (unpaired) electrons. The molecule has 1 aromatic heterocycles. The molecule has 2 rings (SSSR count). The van der Waals surface area contributed by atoms with Crippen molar-refractivity contribution in [3.63, 3.8) is 0 Å². The second-order valence-corrected chi connectivity index (χ2v) is 5.46. The van der Waals surface area contributed by atoms with Crippen LogP contribution in [0.3, 0.4) is 0 Å². The average molecular weight is 283 g/mol. The monoisotopic (exact) mass is 283 g/mol. The third kappa shape index (κ3) is 3.30. The number of rotatable bonds is 5. The molecule has 0 spiro atoms. The van der Waals surface area contributed by atoms with E-state index in [2.05, 4.69) is 5.32 Å². The van der Waals surface area contributed by atoms with Gasteiger partial charge in [-0.1, -0.05) is 11.3 Å². The van der Waals surface area contributed by atoms with Gasteiger partial charge in [0, 0.05) is 30.6 Å². The van der Waals surface area contributed by atoms with E-state index < -0.39 is 4.92 Å². The molecule has 1 atom stereocenters. The number of likely N-dealkylation sites (N-methyl/N-ethyl adjacent to an activating group) is 1. The Morgan fingerprint density at radius 3 is 3.00 bits per heavy atom. The number of amides is 1. The van der Waals surface area contributed by atoms with Gasteiger partial charge in [-0.15, -0.1) is 0 Å². The zero-order chi connectivity index (χ0) is 13.8. The summed E-state index contributed by atoms with van der Waals surface area (Å²) in [5.74, 6) is -0.124. The smallest absolute Gasteiger partial charge is 0.324 e. The van der Waals surface area contributed by atoms with E-state index in [1.807, 2.05) is 6.92 Å². The number of nitrogens with zero attached hydrogens (tertiary/aromatic N) is 2. The lowest BCUT2D eigenvalue weighted by molar-refractivity contribution is -0.380. The van der Waals surface area contributed by atoms with E-state index in [0.717, 1.165) is 30.7 Å². The fraction of sp³-hybridized carbons (Fsp3) is 0.583. The Kier molecular flexibility index (Phi) is 4.49. The van der Waals surface area contributed by atoms with E-state index in [1.54, 1.807) is 10.3 Å².